The molecule has 1 rings (SSSR count). The van der Waals surface area contributed by atoms with E-state index in [4.69, 9.17) is 0 Å². The third kappa shape index (κ3) is 1.30. The Balaban J connectivity index is 2.69. The maximum absolute atomic E-state index is 3.72. The number of rotatable bonds is 0. The van der Waals surface area contributed by atoms with Crippen LogP contribution in [0.25, 0.3) is 0 Å². The molecular weight excluding hydrogens is 118 g/mol. The molecule has 0 unspecified atom stereocenters. The molecule has 0 aromatic carbocycles. The maximum Gasteiger partial charge on any atom is 0.102 e. The number of hydrogen-bond acceptors (Lipinski definition) is 3. The van der Waals surface area contributed by atoms with Crippen LogP contribution in [-0.4, -0.2) is 21.8 Å². The number of allylic oxidation sites excluding steroid dienone is 2. The number of hydrazone groups is 2. The van der Waals surface area contributed by atoms with E-state index in [-0.39, 0.29) is 0 Å². The van der Waals surface area contributed by atoms with Crippen LogP contribution in [-0.2, 0) is 0 Å². The number of nitrogens with one attached hydrogen (secondary N) is 1. The van der Waals surface area contributed by atoms with E-state index >= 15 is 0 Å². The first-order valence-electron chi connectivity index (χ1n) is 2.13. The van der Waals surface area contributed by atoms with Crippen LogP contribution in [0, 0.1) is 0 Å². The summed E-state index contributed by atoms with van der Waals surface area (Å²) in [6.07, 6.45) is 5.20. The zero-order chi connectivity index (χ0) is 5.82. The van der Waals surface area contributed by atoms with Crippen molar-refractivity contribution in [3.63, 3.8) is 0 Å². The van der Waals surface area contributed by atoms with Crippen LogP contribution in [0.5, 0.6) is 0 Å². The Labute approximate surface area is 50.6 Å². The van der Waals surface area contributed by atoms with Crippen molar-refractivity contribution >= 4 is 21.8 Å². The average molecular weight is 122 g/mol. The monoisotopic (exact) mass is 122 g/mol. The summed E-state index contributed by atoms with van der Waals surface area (Å²) >= 11 is 0. The first kappa shape index (κ1) is 5.24. The van der Waals surface area contributed by atoms with Crippen molar-refractivity contribution in [3.8, 4) is 0 Å². The summed E-state index contributed by atoms with van der Waals surface area (Å²) in [5.74, 6) is 0. The summed E-state index contributed by atoms with van der Waals surface area (Å²) in [6.45, 7) is 0. The minimum atomic E-state index is 0.738. The molecule has 1 aliphatic heterocycles. The van der Waals surface area contributed by atoms with Crippen LogP contribution < -0.4 is 5.53 Å². The molecular formula is C4H4N3Si. The summed E-state index contributed by atoms with van der Waals surface area (Å²) in [7, 11) is 3.21. The van der Waals surface area contributed by atoms with Crippen molar-refractivity contribution in [1.82, 2.24) is 5.53 Å². The molecule has 39 valence electrons. The molecule has 0 aromatic heterocycles. The smallest absolute Gasteiger partial charge is 0.102 e. The highest BCUT2D eigenvalue weighted by Gasteiger charge is 1.82. The van der Waals surface area contributed by atoms with Crippen LogP contribution in [0.4, 0.5) is 0 Å². The Kier molecular flexibility index (Phi) is 1.58. The number of hydrogen-bond donors (Lipinski definition) is 1. The minimum Gasteiger partial charge on any atom is -0.198 e. The molecule has 0 saturated carbocycles. The Morgan fingerprint density at radius 2 is 2.50 bits per heavy atom. The third-order valence-corrected chi connectivity index (χ3v) is 0.921. The van der Waals surface area contributed by atoms with Gasteiger partial charge in [-0.2, -0.15) is 15.7 Å². The molecule has 0 bridgehead atoms. The van der Waals surface area contributed by atoms with Crippen molar-refractivity contribution in [1.29, 1.82) is 0 Å². The lowest BCUT2D eigenvalue weighted by atomic mass is 10.5. The van der Waals surface area contributed by atoms with E-state index in [1.807, 2.05) is 0 Å². The molecule has 0 fully saturated rings. The summed E-state index contributed by atoms with van der Waals surface area (Å²) in [5, 5.41) is 8.10. The van der Waals surface area contributed by atoms with Gasteiger partial charge in [0.15, 0.2) is 0 Å². The van der Waals surface area contributed by atoms with Gasteiger partial charge in [0.05, 0.1) is 0 Å². The molecule has 0 amide bonds. The van der Waals surface area contributed by atoms with Crippen molar-refractivity contribution in [3.05, 3.63) is 12.2 Å². The van der Waals surface area contributed by atoms with Gasteiger partial charge in [0.1, 0.15) is 10.2 Å². The van der Waals surface area contributed by atoms with E-state index in [2.05, 4.69) is 26.0 Å². The SMILES string of the molecule is [Si]C1=NNN=CC=C1. The molecule has 3 radical (unpaired) electrons. The molecule has 0 aromatic rings. The van der Waals surface area contributed by atoms with Gasteiger partial charge >= 0.3 is 0 Å². The first-order valence-corrected chi connectivity index (χ1v) is 2.63. The molecule has 1 aliphatic rings. The van der Waals surface area contributed by atoms with Crippen LogP contribution in [0.3, 0.4) is 0 Å². The fourth-order valence-electron chi connectivity index (χ4n) is 0.331. The van der Waals surface area contributed by atoms with Crippen molar-refractivity contribution in [2.45, 2.75) is 0 Å². The molecule has 0 spiro atoms. The largest absolute Gasteiger partial charge is 0.198 e. The highest BCUT2D eigenvalue weighted by atomic mass is 28.1. The predicted octanol–water partition coefficient (Wildman–Crippen LogP) is -0.386. The molecule has 1 N–H and O–H groups in total. The van der Waals surface area contributed by atoms with Gasteiger partial charge in [-0.15, -0.1) is 0 Å². The second-order valence-corrected chi connectivity index (χ2v) is 1.75. The molecule has 0 atom stereocenters. The summed E-state index contributed by atoms with van der Waals surface area (Å²) in [5.41, 5.74) is 2.44. The predicted molar refractivity (Wildman–Crippen MR) is 34.0 cm³/mol. The minimum absolute atomic E-state index is 0.738. The first-order chi connectivity index (χ1) is 3.89. The van der Waals surface area contributed by atoms with E-state index < -0.39 is 0 Å². The quantitative estimate of drug-likeness (QED) is 0.437. The lowest BCUT2D eigenvalue weighted by molar-refractivity contribution is 0.820. The highest BCUT2D eigenvalue weighted by molar-refractivity contribution is 6.63. The van der Waals surface area contributed by atoms with Gasteiger partial charge in [-0.05, 0) is 12.2 Å². The van der Waals surface area contributed by atoms with Crippen molar-refractivity contribution in [2.24, 2.45) is 10.2 Å². The molecule has 3 nitrogen and oxygen atoms in total. The Hall–Kier alpha value is -0.903. The van der Waals surface area contributed by atoms with Gasteiger partial charge in [-0.1, -0.05) is 0 Å². The maximum atomic E-state index is 3.72. The van der Waals surface area contributed by atoms with Crippen LogP contribution in [0.15, 0.2) is 22.4 Å². The standard InChI is InChI=1S/C4H4N3Si/c8-4-2-1-3-5-7-6-4/h1-3,7H. The van der Waals surface area contributed by atoms with Gasteiger partial charge in [-0.3, -0.25) is 0 Å². The van der Waals surface area contributed by atoms with Gasteiger partial charge in [0.25, 0.3) is 0 Å². The van der Waals surface area contributed by atoms with E-state index in [0.29, 0.717) is 0 Å². The highest BCUT2D eigenvalue weighted by Crippen LogP contribution is 1.77. The van der Waals surface area contributed by atoms with Crippen molar-refractivity contribution < 1.29 is 0 Å². The second-order valence-electron chi connectivity index (χ2n) is 1.23. The summed E-state index contributed by atoms with van der Waals surface area (Å²) < 4.78 is 0. The lowest BCUT2D eigenvalue weighted by Gasteiger charge is -1.85. The van der Waals surface area contributed by atoms with Crippen LogP contribution in [0.1, 0.15) is 0 Å². The lowest BCUT2D eigenvalue weighted by Crippen LogP contribution is -1.98. The van der Waals surface area contributed by atoms with Gasteiger partial charge < -0.3 is 0 Å². The normalized spacial score (nSPS) is 16.9. The average Bonchev–Trinajstić information content (AvgIpc) is 1.94. The van der Waals surface area contributed by atoms with Gasteiger partial charge in [0, 0.05) is 11.5 Å². The molecule has 0 aliphatic carbocycles. The molecule has 1 heterocycles. The topological polar surface area (TPSA) is 36.8 Å². The third-order valence-electron chi connectivity index (χ3n) is 0.643. The fraction of sp³-hybridized carbons (Fsp3) is 0. The Morgan fingerprint density at radius 1 is 1.62 bits per heavy atom. The van der Waals surface area contributed by atoms with Crippen LogP contribution in [0.2, 0.25) is 0 Å². The van der Waals surface area contributed by atoms with E-state index in [0.717, 1.165) is 5.33 Å². The summed E-state index contributed by atoms with van der Waals surface area (Å²) in [4.78, 5) is 0. The second kappa shape index (κ2) is 2.42. The summed E-state index contributed by atoms with van der Waals surface area (Å²) in [6, 6.07) is 0. The Bertz CT molecular complexity index is 156. The van der Waals surface area contributed by atoms with E-state index in [9.17, 15) is 0 Å². The van der Waals surface area contributed by atoms with Crippen molar-refractivity contribution in [2.75, 3.05) is 0 Å². The number of nitrogens with zero attached hydrogens (tertiary/aromatic N) is 2. The van der Waals surface area contributed by atoms with E-state index in [1.165, 1.54) is 0 Å². The van der Waals surface area contributed by atoms with E-state index in [1.54, 1.807) is 18.4 Å². The Morgan fingerprint density at radius 3 is 3.38 bits per heavy atom. The zero-order valence-electron chi connectivity index (χ0n) is 4.13. The molecule has 8 heavy (non-hydrogen) atoms. The fourth-order valence-corrected chi connectivity index (χ4v) is 0.477. The zero-order valence-corrected chi connectivity index (χ0v) is 5.13. The van der Waals surface area contributed by atoms with Gasteiger partial charge in [0.2, 0.25) is 0 Å². The van der Waals surface area contributed by atoms with Gasteiger partial charge in [-0.25, -0.2) is 0 Å². The van der Waals surface area contributed by atoms with Crippen LogP contribution >= 0.6 is 0 Å². The molecule has 4 heteroatoms. The molecule has 0 saturated heterocycles.